The number of hydrogen-bond donors (Lipinski definition) is 2. The van der Waals surface area contributed by atoms with Crippen molar-refractivity contribution in [1.82, 2.24) is 4.90 Å². The number of aliphatic hydroxyl groups is 1. The summed E-state index contributed by atoms with van der Waals surface area (Å²) in [5.41, 5.74) is -8.71. The SMILES string of the molecule is CC(C)(O)c1ccc(S(=O)(=O)C23CCN(C(=O)[C@H]4CC[C@H](C(=O)O)CC4)C2CCc2cc(C(F)(C(F)(F)F)C(F)(F)F)ccc23)cc1. The maximum absolute atomic E-state index is 15.1. The first-order chi connectivity index (χ1) is 21.6. The summed E-state index contributed by atoms with van der Waals surface area (Å²) in [5.74, 6) is -2.58. The Labute approximate surface area is 266 Å². The first kappa shape index (κ1) is 35.1. The lowest BCUT2D eigenvalue weighted by Gasteiger charge is -2.44. The largest absolute Gasteiger partial charge is 0.481 e. The molecule has 1 amide bonds. The number of halogens is 7. The molecule has 2 aromatic carbocycles. The molecule has 2 N–H and O–H groups in total. The van der Waals surface area contributed by atoms with Crippen molar-refractivity contribution in [1.29, 1.82) is 0 Å². The summed E-state index contributed by atoms with van der Waals surface area (Å²) in [5, 5.41) is 19.7. The lowest BCUT2D eigenvalue weighted by Crippen LogP contribution is -2.53. The Morgan fingerprint density at radius 3 is 1.87 bits per heavy atom. The van der Waals surface area contributed by atoms with Crippen molar-refractivity contribution < 1.29 is 59.0 Å². The molecule has 2 aromatic rings. The molecule has 258 valence electrons. The maximum Gasteiger partial charge on any atom is 0.435 e. The Bertz CT molecular complexity index is 1640. The standard InChI is InChI=1S/C32H34F7NO6S/c1-28(2,44)21-8-11-23(12-9-21)47(45,46)29-15-16-40(26(41)18-3-5-19(6-4-18)27(42)43)25(29)14-7-20-17-22(10-13-24(20)29)30(33,31(34,35)36)32(37,38)39/h8-13,17-19,25,44H,3-7,14-16H2,1-2H3,(H,42,43)/t18-,19-,25?,29?. The highest BCUT2D eigenvalue weighted by molar-refractivity contribution is 7.92. The third-order valence-electron chi connectivity index (χ3n) is 10.1. The molecule has 2 aliphatic carbocycles. The van der Waals surface area contributed by atoms with Crippen LogP contribution in [0.15, 0.2) is 47.4 Å². The van der Waals surface area contributed by atoms with E-state index in [2.05, 4.69) is 0 Å². The number of benzene rings is 2. The second-order valence-electron chi connectivity index (χ2n) is 13.2. The summed E-state index contributed by atoms with van der Waals surface area (Å²) < 4.78 is 124. The van der Waals surface area contributed by atoms with Crippen molar-refractivity contribution in [3.05, 3.63) is 64.7 Å². The molecular weight excluding hydrogens is 659 g/mol. The van der Waals surface area contributed by atoms with Gasteiger partial charge in [0.1, 0.15) is 4.75 Å². The number of carboxylic acids is 1. The van der Waals surface area contributed by atoms with Crippen molar-refractivity contribution in [3.63, 3.8) is 0 Å². The van der Waals surface area contributed by atoms with Crippen LogP contribution in [-0.4, -0.2) is 60.3 Å². The molecule has 0 bridgehead atoms. The first-order valence-corrected chi connectivity index (χ1v) is 16.6. The number of carbonyl (C=O) groups excluding carboxylic acids is 1. The second kappa shape index (κ2) is 11.5. The van der Waals surface area contributed by atoms with E-state index in [0.29, 0.717) is 17.7 Å². The topological polar surface area (TPSA) is 112 Å². The van der Waals surface area contributed by atoms with E-state index in [9.17, 15) is 54.6 Å². The number of carboxylic acid groups (broad SMARTS) is 1. The van der Waals surface area contributed by atoms with Gasteiger partial charge in [-0.05, 0) is 87.6 Å². The van der Waals surface area contributed by atoms with Crippen LogP contribution in [0.2, 0.25) is 0 Å². The number of alkyl halides is 7. The fraction of sp³-hybridized carbons (Fsp3) is 0.562. The van der Waals surface area contributed by atoms with Gasteiger partial charge in [-0.3, -0.25) is 9.59 Å². The molecule has 1 saturated carbocycles. The van der Waals surface area contributed by atoms with Gasteiger partial charge < -0.3 is 15.1 Å². The van der Waals surface area contributed by atoms with Crippen LogP contribution in [0, 0.1) is 11.8 Å². The van der Waals surface area contributed by atoms with Gasteiger partial charge in [0.05, 0.1) is 22.5 Å². The molecule has 2 unspecified atom stereocenters. The molecule has 15 heteroatoms. The predicted molar refractivity (Wildman–Crippen MR) is 153 cm³/mol. The fourth-order valence-corrected chi connectivity index (χ4v) is 9.93. The monoisotopic (exact) mass is 693 g/mol. The zero-order valence-electron chi connectivity index (χ0n) is 25.5. The quantitative estimate of drug-likeness (QED) is 0.343. The van der Waals surface area contributed by atoms with Crippen LogP contribution in [0.5, 0.6) is 0 Å². The number of likely N-dealkylation sites (tertiary alicyclic amines) is 1. The minimum Gasteiger partial charge on any atom is -0.481 e. The van der Waals surface area contributed by atoms with Gasteiger partial charge in [0.15, 0.2) is 9.84 Å². The fourth-order valence-electron chi connectivity index (χ4n) is 7.57. The lowest BCUT2D eigenvalue weighted by atomic mass is 9.76. The highest BCUT2D eigenvalue weighted by Gasteiger charge is 2.74. The molecule has 47 heavy (non-hydrogen) atoms. The van der Waals surface area contributed by atoms with Gasteiger partial charge in [0.2, 0.25) is 5.91 Å². The Morgan fingerprint density at radius 2 is 1.36 bits per heavy atom. The molecule has 1 heterocycles. The van der Waals surface area contributed by atoms with Crippen LogP contribution in [0.4, 0.5) is 30.7 Å². The number of hydrogen-bond acceptors (Lipinski definition) is 5. The van der Waals surface area contributed by atoms with E-state index in [-0.39, 0.29) is 67.5 Å². The van der Waals surface area contributed by atoms with Crippen LogP contribution in [0.1, 0.15) is 74.6 Å². The normalized spacial score (nSPS) is 25.7. The molecule has 3 aliphatic rings. The highest BCUT2D eigenvalue weighted by atomic mass is 32.2. The van der Waals surface area contributed by atoms with E-state index in [1.807, 2.05) is 0 Å². The van der Waals surface area contributed by atoms with Crippen molar-refractivity contribution in [3.8, 4) is 0 Å². The van der Waals surface area contributed by atoms with Crippen LogP contribution in [-0.2, 0) is 41.9 Å². The lowest BCUT2D eigenvalue weighted by molar-refractivity contribution is -0.348. The van der Waals surface area contributed by atoms with E-state index in [1.54, 1.807) is 0 Å². The first-order valence-electron chi connectivity index (χ1n) is 15.1. The number of nitrogens with zero attached hydrogens (tertiary/aromatic N) is 1. The minimum absolute atomic E-state index is 0.0946. The summed E-state index contributed by atoms with van der Waals surface area (Å²) in [7, 11) is -4.55. The minimum atomic E-state index is -6.36. The predicted octanol–water partition coefficient (Wildman–Crippen LogP) is 6.31. The summed E-state index contributed by atoms with van der Waals surface area (Å²) in [6.07, 6.45) is -12.3. The third kappa shape index (κ3) is 5.50. The van der Waals surface area contributed by atoms with E-state index < -0.39 is 73.5 Å². The number of amides is 1. The van der Waals surface area contributed by atoms with Crippen molar-refractivity contribution in [2.24, 2.45) is 11.8 Å². The Kier molecular flexibility index (Phi) is 8.56. The van der Waals surface area contributed by atoms with Gasteiger partial charge in [-0.25, -0.2) is 12.8 Å². The molecule has 0 spiro atoms. The molecule has 1 saturated heterocycles. The molecule has 2 fully saturated rings. The molecule has 2 atom stereocenters. The van der Waals surface area contributed by atoms with Gasteiger partial charge >= 0.3 is 24.0 Å². The summed E-state index contributed by atoms with van der Waals surface area (Å²) in [6.45, 7) is 2.87. The van der Waals surface area contributed by atoms with Crippen molar-refractivity contribution in [2.45, 2.75) is 98.1 Å². The third-order valence-corrected chi connectivity index (χ3v) is 12.7. The van der Waals surface area contributed by atoms with Crippen molar-refractivity contribution >= 4 is 21.7 Å². The van der Waals surface area contributed by atoms with E-state index in [0.717, 1.165) is 6.07 Å². The van der Waals surface area contributed by atoms with Crippen LogP contribution in [0.25, 0.3) is 0 Å². The van der Waals surface area contributed by atoms with Crippen LogP contribution in [0.3, 0.4) is 0 Å². The van der Waals surface area contributed by atoms with Crippen LogP contribution >= 0.6 is 0 Å². The Morgan fingerprint density at radius 1 is 0.830 bits per heavy atom. The molecule has 0 aromatic heterocycles. The number of aliphatic carboxylic acids is 1. The second-order valence-corrected chi connectivity index (χ2v) is 15.4. The number of aryl methyl sites for hydroxylation is 1. The van der Waals surface area contributed by atoms with E-state index in [1.165, 1.54) is 43.0 Å². The number of rotatable bonds is 6. The Balaban J connectivity index is 1.63. The smallest absolute Gasteiger partial charge is 0.435 e. The average molecular weight is 694 g/mol. The summed E-state index contributed by atoms with van der Waals surface area (Å²) in [4.78, 5) is 26.5. The number of carbonyl (C=O) groups is 2. The van der Waals surface area contributed by atoms with Gasteiger partial charge in [0, 0.05) is 18.0 Å². The molecule has 7 nitrogen and oxygen atoms in total. The van der Waals surface area contributed by atoms with Gasteiger partial charge in [0.25, 0.3) is 0 Å². The summed E-state index contributed by atoms with van der Waals surface area (Å²) >= 11 is 0. The number of fused-ring (bicyclic) bond motifs is 3. The number of sulfone groups is 1. The Hall–Kier alpha value is -3.20. The van der Waals surface area contributed by atoms with E-state index in [4.69, 9.17) is 0 Å². The molecule has 0 radical (unpaired) electrons. The summed E-state index contributed by atoms with van der Waals surface area (Å²) in [6, 6.07) is 5.74. The van der Waals surface area contributed by atoms with Gasteiger partial charge in [-0.15, -0.1) is 0 Å². The maximum atomic E-state index is 15.1. The zero-order valence-corrected chi connectivity index (χ0v) is 26.3. The highest BCUT2D eigenvalue weighted by Crippen LogP contribution is 2.57. The molecule has 5 rings (SSSR count). The molecular formula is C32H34F7NO6S. The van der Waals surface area contributed by atoms with Crippen LogP contribution < -0.4 is 0 Å². The average Bonchev–Trinajstić information content (AvgIpc) is 3.40. The van der Waals surface area contributed by atoms with Gasteiger partial charge in [-0.2, -0.15) is 26.3 Å². The van der Waals surface area contributed by atoms with E-state index >= 15 is 4.39 Å². The van der Waals surface area contributed by atoms with Gasteiger partial charge in [-0.1, -0.05) is 30.3 Å². The van der Waals surface area contributed by atoms with Crippen molar-refractivity contribution in [2.75, 3.05) is 6.54 Å². The zero-order chi connectivity index (χ0) is 35.0. The molecule has 1 aliphatic heterocycles.